The van der Waals surface area contributed by atoms with Gasteiger partial charge in [0.2, 0.25) is 0 Å². The van der Waals surface area contributed by atoms with Crippen LogP contribution in [0.15, 0.2) is 34.9 Å². The molecule has 0 spiro atoms. The Bertz CT molecular complexity index is 584. The third-order valence-corrected chi connectivity index (χ3v) is 3.13. The normalized spacial score (nSPS) is 10.4. The van der Waals surface area contributed by atoms with Crippen LogP contribution in [0.5, 0.6) is 0 Å². The monoisotopic (exact) mass is 309 g/mol. The van der Waals surface area contributed by atoms with Crippen molar-refractivity contribution in [3.05, 3.63) is 40.8 Å². The Hall–Kier alpha value is -1.62. The zero-order chi connectivity index (χ0) is 13.3. The highest BCUT2D eigenvalue weighted by atomic mass is 79.9. The molecule has 18 heavy (non-hydrogen) atoms. The SMILES string of the molecule is CN(C)c1ccnc(-c2cc(Br)ccc2F)c1N. The molecule has 3 nitrogen and oxygen atoms in total. The molecule has 0 unspecified atom stereocenters. The van der Waals surface area contributed by atoms with Crippen molar-refractivity contribution in [1.29, 1.82) is 0 Å². The number of pyridine rings is 1. The lowest BCUT2D eigenvalue weighted by atomic mass is 10.1. The van der Waals surface area contributed by atoms with Crippen LogP contribution in [0.1, 0.15) is 0 Å². The van der Waals surface area contributed by atoms with Gasteiger partial charge in [-0.05, 0) is 24.3 Å². The van der Waals surface area contributed by atoms with Crippen LogP contribution in [0, 0.1) is 5.82 Å². The highest BCUT2D eigenvalue weighted by Crippen LogP contribution is 2.33. The first kappa shape index (κ1) is 12.8. The van der Waals surface area contributed by atoms with Gasteiger partial charge in [-0.2, -0.15) is 0 Å². The Balaban J connectivity index is 2.64. The number of nitrogen functional groups attached to an aromatic ring is 1. The maximum absolute atomic E-state index is 13.8. The third kappa shape index (κ3) is 2.31. The van der Waals surface area contributed by atoms with Crippen molar-refractivity contribution in [2.24, 2.45) is 0 Å². The molecule has 2 N–H and O–H groups in total. The van der Waals surface area contributed by atoms with Crippen LogP contribution in [0.3, 0.4) is 0 Å². The first-order chi connectivity index (χ1) is 8.50. The second-order valence-electron chi connectivity index (χ2n) is 4.11. The quantitative estimate of drug-likeness (QED) is 0.925. The first-order valence-electron chi connectivity index (χ1n) is 5.38. The molecule has 94 valence electrons. The number of benzene rings is 1. The average molecular weight is 310 g/mol. The maximum Gasteiger partial charge on any atom is 0.132 e. The fourth-order valence-corrected chi connectivity index (χ4v) is 2.11. The molecule has 0 saturated carbocycles. The van der Waals surface area contributed by atoms with E-state index in [0.29, 0.717) is 16.9 Å². The average Bonchev–Trinajstić information content (AvgIpc) is 2.32. The van der Waals surface area contributed by atoms with Crippen molar-refractivity contribution >= 4 is 27.3 Å². The van der Waals surface area contributed by atoms with Gasteiger partial charge in [0, 0.05) is 30.3 Å². The zero-order valence-corrected chi connectivity index (χ0v) is 11.7. The molecule has 0 saturated heterocycles. The van der Waals surface area contributed by atoms with Gasteiger partial charge in [-0.3, -0.25) is 4.98 Å². The number of halogens is 2. The molecule has 0 aliphatic heterocycles. The largest absolute Gasteiger partial charge is 0.395 e. The van der Waals surface area contributed by atoms with Crippen LogP contribution in [0.2, 0.25) is 0 Å². The predicted octanol–water partition coefficient (Wildman–Crippen LogP) is 3.30. The minimum absolute atomic E-state index is 0.340. The van der Waals surface area contributed by atoms with Crippen LogP contribution in [-0.2, 0) is 0 Å². The zero-order valence-electron chi connectivity index (χ0n) is 10.1. The van der Waals surface area contributed by atoms with Gasteiger partial charge >= 0.3 is 0 Å². The minimum Gasteiger partial charge on any atom is -0.395 e. The van der Waals surface area contributed by atoms with E-state index in [1.54, 1.807) is 24.4 Å². The standard InChI is InChI=1S/C13H13BrFN3/c1-18(2)11-5-6-17-13(12(11)16)9-7-8(14)3-4-10(9)15/h3-7H,16H2,1-2H3. The summed E-state index contributed by atoms with van der Waals surface area (Å²) in [4.78, 5) is 6.05. The summed E-state index contributed by atoms with van der Waals surface area (Å²) in [6, 6.07) is 6.51. The molecular formula is C13H13BrFN3. The lowest BCUT2D eigenvalue weighted by Gasteiger charge is -2.17. The second kappa shape index (κ2) is 4.94. The topological polar surface area (TPSA) is 42.2 Å². The van der Waals surface area contributed by atoms with Crippen molar-refractivity contribution in [2.75, 3.05) is 24.7 Å². The summed E-state index contributed by atoms with van der Waals surface area (Å²) in [5.41, 5.74) is 8.19. The number of hydrogen-bond donors (Lipinski definition) is 1. The smallest absolute Gasteiger partial charge is 0.132 e. The predicted molar refractivity (Wildman–Crippen MR) is 76.1 cm³/mol. The molecule has 0 aliphatic carbocycles. The second-order valence-corrected chi connectivity index (χ2v) is 5.03. The summed E-state index contributed by atoms with van der Waals surface area (Å²) < 4.78 is 14.6. The van der Waals surface area contributed by atoms with E-state index in [-0.39, 0.29) is 5.82 Å². The Morgan fingerprint density at radius 2 is 2.00 bits per heavy atom. The molecule has 1 aromatic heterocycles. The van der Waals surface area contributed by atoms with E-state index < -0.39 is 0 Å². The summed E-state index contributed by atoms with van der Waals surface area (Å²) in [5, 5.41) is 0. The van der Waals surface area contributed by atoms with Gasteiger partial charge in [0.15, 0.2) is 0 Å². The molecule has 0 bridgehead atoms. The van der Waals surface area contributed by atoms with Gasteiger partial charge in [-0.15, -0.1) is 0 Å². The van der Waals surface area contributed by atoms with Gasteiger partial charge in [0.25, 0.3) is 0 Å². The minimum atomic E-state index is -0.340. The number of rotatable bonds is 2. The molecule has 0 radical (unpaired) electrons. The van der Waals surface area contributed by atoms with Crippen molar-refractivity contribution in [2.45, 2.75) is 0 Å². The number of nitrogens with two attached hydrogens (primary N) is 1. The Morgan fingerprint density at radius 3 is 2.67 bits per heavy atom. The van der Waals surface area contributed by atoms with Crippen LogP contribution in [0.4, 0.5) is 15.8 Å². The molecule has 0 atom stereocenters. The van der Waals surface area contributed by atoms with E-state index in [9.17, 15) is 4.39 Å². The summed E-state index contributed by atoms with van der Waals surface area (Å²) in [5.74, 6) is -0.340. The molecule has 5 heteroatoms. The molecule has 1 aromatic carbocycles. The number of aromatic nitrogens is 1. The molecule has 0 amide bonds. The van der Waals surface area contributed by atoms with Gasteiger partial charge < -0.3 is 10.6 Å². The van der Waals surface area contributed by atoms with Crippen LogP contribution in [0.25, 0.3) is 11.3 Å². The summed E-state index contributed by atoms with van der Waals surface area (Å²) in [7, 11) is 3.76. The van der Waals surface area contributed by atoms with Gasteiger partial charge in [-0.1, -0.05) is 15.9 Å². The lowest BCUT2D eigenvalue weighted by molar-refractivity contribution is 0.630. The van der Waals surface area contributed by atoms with E-state index in [1.807, 2.05) is 19.0 Å². The maximum atomic E-state index is 13.8. The Kier molecular flexibility index (Phi) is 3.52. The van der Waals surface area contributed by atoms with Crippen LogP contribution >= 0.6 is 15.9 Å². The molecule has 0 aliphatic rings. The number of anilines is 2. The summed E-state index contributed by atoms with van der Waals surface area (Å²) >= 11 is 3.32. The highest BCUT2D eigenvalue weighted by molar-refractivity contribution is 9.10. The first-order valence-corrected chi connectivity index (χ1v) is 6.17. The highest BCUT2D eigenvalue weighted by Gasteiger charge is 2.13. The summed E-state index contributed by atoms with van der Waals surface area (Å²) in [6.45, 7) is 0. The Morgan fingerprint density at radius 1 is 1.28 bits per heavy atom. The van der Waals surface area contributed by atoms with E-state index in [2.05, 4.69) is 20.9 Å². The van der Waals surface area contributed by atoms with Crippen molar-refractivity contribution < 1.29 is 4.39 Å². The summed E-state index contributed by atoms with van der Waals surface area (Å²) in [6.07, 6.45) is 1.63. The van der Waals surface area contributed by atoms with Crippen molar-refractivity contribution in [3.8, 4) is 11.3 Å². The number of hydrogen-bond acceptors (Lipinski definition) is 3. The molecule has 2 aromatic rings. The fraction of sp³-hybridized carbons (Fsp3) is 0.154. The van der Waals surface area contributed by atoms with Crippen LogP contribution < -0.4 is 10.6 Å². The molecular weight excluding hydrogens is 297 g/mol. The number of nitrogens with zero attached hydrogens (tertiary/aromatic N) is 2. The molecule has 2 rings (SSSR count). The van der Waals surface area contributed by atoms with E-state index in [1.165, 1.54) is 6.07 Å². The third-order valence-electron chi connectivity index (χ3n) is 2.63. The van der Waals surface area contributed by atoms with E-state index in [0.717, 1.165) is 10.2 Å². The van der Waals surface area contributed by atoms with E-state index >= 15 is 0 Å². The molecule has 0 fully saturated rings. The van der Waals surface area contributed by atoms with Gasteiger partial charge in [0.1, 0.15) is 5.82 Å². The van der Waals surface area contributed by atoms with Gasteiger partial charge in [-0.25, -0.2) is 4.39 Å². The van der Waals surface area contributed by atoms with Crippen molar-refractivity contribution in [3.63, 3.8) is 0 Å². The Labute approximate surface area is 114 Å². The lowest BCUT2D eigenvalue weighted by Crippen LogP contribution is -2.12. The fourth-order valence-electron chi connectivity index (χ4n) is 1.75. The van der Waals surface area contributed by atoms with Crippen LogP contribution in [-0.4, -0.2) is 19.1 Å². The molecule has 1 heterocycles. The van der Waals surface area contributed by atoms with Gasteiger partial charge in [0.05, 0.1) is 17.1 Å². The van der Waals surface area contributed by atoms with Crippen molar-refractivity contribution in [1.82, 2.24) is 4.98 Å². The van der Waals surface area contributed by atoms with E-state index in [4.69, 9.17) is 5.73 Å².